The van der Waals surface area contributed by atoms with E-state index in [-0.39, 0.29) is 11.0 Å². The zero-order chi connectivity index (χ0) is 12.1. The molecule has 1 nitrogen and oxygen atoms in total. The summed E-state index contributed by atoms with van der Waals surface area (Å²) < 4.78 is 5.42. The van der Waals surface area contributed by atoms with Crippen LogP contribution in [0.15, 0.2) is 0 Å². The second kappa shape index (κ2) is 6.32. The Hall–Kier alpha value is 0.540. The summed E-state index contributed by atoms with van der Waals surface area (Å²) in [5.74, 6) is 1.74. The summed E-state index contributed by atoms with van der Waals surface area (Å²) in [4.78, 5) is 0. The third-order valence-corrected chi connectivity index (χ3v) is 4.60. The first-order chi connectivity index (χ1) is 6.83. The molecule has 0 spiro atoms. The molecule has 0 saturated carbocycles. The Kier molecular flexibility index (Phi) is 6.55. The summed E-state index contributed by atoms with van der Waals surface area (Å²) in [5, 5.41) is 0. The second-order valence-electron chi connectivity index (χ2n) is 5.25. The average molecular weight is 255 g/mol. The van der Waals surface area contributed by atoms with Crippen molar-refractivity contribution in [2.45, 2.75) is 46.1 Å². The van der Waals surface area contributed by atoms with Crippen LogP contribution in [0.1, 0.15) is 40.5 Å². The Labute approximate surface area is 104 Å². The van der Waals surface area contributed by atoms with Gasteiger partial charge in [0.05, 0.1) is 5.60 Å². The largest absolute Gasteiger partial charge is 0.379 e. The van der Waals surface area contributed by atoms with Crippen LogP contribution >= 0.6 is 23.2 Å². The van der Waals surface area contributed by atoms with Crippen molar-refractivity contribution in [2.75, 3.05) is 18.9 Å². The Balaban J connectivity index is 4.43. The molecule has 0 amide bonds. The standard InChI is InChI=1S/C12H24Cl2O/c1-10(2)12(8-13,9-14)7-6-11(3,4)15-5/h10H,6-9H2,1-5H3. The molecule has 15 heavy (non-hydrogen) atoms. The van der Waals surface area contributed by atoms with Crippen LogP contribution in [0.25, 0.3) is 0 Å². The number of ether oxygens (including phenoxy) is 1. The second-order valence-corrected chi connectivity index (χ2v) is 5.78. The van der Waals surface area contributed by atoms with Crippen LogP contribution in [-0.2, 0) is 4.74 Å². The molecule has 0 aliphatic heterocycles. The highest BCUT2D eigenvalue weighted by Gasteiger charge is 2.34. The van der Waals surface area contributed by atoms with Crippen molar-refractivity contribution < 1.29 is 4.74 Å². The van der Waals surface area contributed by atoms with E-state index in [2.05, 4.69) is 27.7 Å². The molecule has 0 N–H and O–H groups in total. The van der Waals surface area contributed by atoms with E-state index in [1.165, 1.54) is 0 Å². The lowest BCUT2D eigenvalue weighted by Crippen LogP contribution is -2.35. The minimum Gasteiger partial charge on any atom is -0.379 e. The Morgan fingerprint density at radius 3 is 1.80 bits per heavy atom. The third kappa shape index (κ3) is 4.50. The molecule has 0 bridgehead atoms. The summed E-state index contributed by atoms with van der Waals surface area (Å²) >= 11 is 12.1. The highest BCUT2D eigenvalue weighted by molar-refractivity contribution is 6.21. The molecule has 0 radical (unpaired) electrons. The van der Waals surface area contributed by atoms with Crippen LogP contribution in [0.3, 0.4) is 0 Å². The van der Waals surface area contributed by atoms with Crippen molar-refractivity contribution in [3.05, 3.63) is 0 Å². The van der Waals surface area contributed by atoms with Crippen molar-refractivity contribution in [2.24, 2.45) is 11.3 Å². The van der Waals surface area contributed by atoms with Gasteiger partial charge in [-0.2, -0.15) is 0 Å². The third-order valence-electron chi connectivity index (χ3n) is 3.53. The maximum absolute atomic E-state index is 6.07. The Morgan fingerprint density at radius 1 is 1.07 bits per heavy atom. The van der Waals surface area contributed by atoms with Crippen molar-refractivity contribution >= 4 is 23.2 Å². The molecule has 0 heterocycles. The highest BCUT2D eigenvalue weighted by Crippen LogP contribution is 2.37. The summed E-state index contributed by atoms with van der Waals surface area (Å²) in [6.07, 6.45) is 2.00. The molecule has 0 aliphatic rings. The predicted molar refractivity (Wildman–Crippen MR) is 69.0 cm³/mol. The van der Waals surface area contributed by atoms with Gasteiger partial charge >= 0.3 is 0 Å². The maximum atomic E-state index is 6.07. The van der Waals surface area contributed by atoms with Gasteiger partial charge in [0.2, 0.25) is 0 Å². The van der Waals surface area contributed by atoms with Crippen molar-refractivity contribution in [3.8, 4) is 0 Å². The molecule has 0 atom stereocenters. The van der Waals surface area contributed by atoms with Crippen LogP contribution in [0, 0.1) is 11.3 Å². The van der Waals surface area contributed by atoms with Crippen molar-refractivity contribution in [3.63, 3.8) is 0 Å². The number of methoxy groups -OCH3 is 1. The quantitative estimate of drug-likeness (QED) is 0.616. The molecule has 0 aromatic carbocycles. The zero-order valence-electron chi connectivity index (χ0n) is 10.6. The monoisotopic (exact) mass is 254 g/mol. The first-order valence-corrected chi connectivity index (χ1v) is 6.57. The minimum atomic E-state index is -0.0851. The predicted octanol–water partition coefficient (Wildman–Crippen LogP) is 4.31. The first-order valence-electron chi connectivity index (χ1n) is 5.50. The summed E-state index contributed by atoms with van der Waals surface area (Å²) in [7, 11) is 1.75. The van der Waals surface area contributed by atoms with E-state index in [0.29, 0.717) is 17.7 Å². The molecular weight excluding hydrogens is 231 g/mol. The number of hydrogen-bond acceptors (Lipinski definition) is 1. The molecular formula is C12H24Cl2O. The minimum absolute atomic E-state index is 0.0406. The van der Waals surface area contributed by atoms with Crippen LogP contribution in [0.5, 0.6) is 0 Å². The Bertz CT molecular complexity index is 174. The van der Waals surface area contributed by atoms with Crippen LogP contribution in [-0.4, -0.2) is 24.5 Å². The van der Waals surface area contributed by atoms with Gasteiger partial charge in [0, 0.05) is 18.9 Å². The van der Waals surface area contributed by atoms with Gasteiger partial charge in [-0.3, -0.25) is 0 Å². The van der Waals surface area contributed by atoms with Crippen LogP contribution in [0.2, 0.25) is 0 Å². The summed E-state index contributed by atoms with van der Waals surface area (Å²) in [5.41, 5.74) is -0.0445. The van der Waals surface area contributed by atoms with Gasteiger partial charge in [0.25, 0.3) is 0 Å². The van der Waals surface area contributed by atoms with Crippen LogP contribution < -0.4 is 0 Å². The van der Waals surface area contributed by atoms with E-state index in [0.717, 1.165) is 12.8 Å². The van der Waals surface area contributed by atoms with Gasteiger partial charge in [-0.15, -0.1) is 23.2 Å². The molecule has 0 rings (SSSR count). The zero-order valence-corrected chi connectivity index (χ0v) is 12.1. The molecule has 92 valence electrons. The molecule has 0 unspecified atom stereocenters. The number of hydrogen-bond donors (Lipinski definition) is 0. The lowest BCUT2D eigenvalue weighted by molar-refractivity contribution is 0.00304. The Morgan fingerprint density at radius 2 is 1.53 bits per heavy atom. The topological polar surface area (TPSA) is 9.23 Å². The maximum Gasteiger partial charge on any atom is 0.0623 e. The first kappa shape index (κ1) is 15.5. The molecule has 0 fully saturated rings. The fraction of sp³-hybridized carbons (Fsp3) is 1.00. The van der Waals surface area contributed by atoms with Gasteiger partial charge in [-0.25, -0.2) is 0 Å². The fourth-order valence-corrected chi connectivity index (χ4v) is 2.59. The molecule has 0 saturated heterocycles. The van der Waals surface area contributed by atoms with E-state index >= 15 is 0 Å². The van der Waals surface area contributed by atoms with Gasteiger partial charge in [-0.1, -0.05) is 13.8 Å². The van der Waals surface area contributed by atoms with Gasteiger partial charge in [0.15, 0.2) is 0 Å². The normalized spacial score (nSPS) is 13.6. The van der Waals surface area contributed by atoms with Crippen molar-refractivity contribution in [1.82, 2.24) is 0 Å². The van der Waals surface area contributed by atoms with Crippen LogP contribution in [0.4, 0.5) is 0 Å². The molecule has 0 aromatic rings. The highest BCUT2D eigenvalue weighted by atomic mass is 35.5. The molecule has 0 aliphatic carbocycles. The van der Waals surface area contributed by atoms with Crippen molar-refractivity contribution in [1.29, 1.82) is 0 Å². The lowest BCUT2D eigenvalue weighted by Gasteiger charge is -2.36. The lowest BCUT2D eigenvalue weighted by atomic mass is 9.75. The fourth-order valence-electron chi connectivity index (χ4n) is 1.42. The van der Waals surface area contributed by atoms with E-state index in [1.807, 2.05) is 0 Å². The van der Waals surface area contributed by atoms with Gasteiger partial charge in [0.1, 0.15) is 0 Å². The SMILES string of the molecule is COC(C)(C)CCC(CCl)(CCl)C(C)C. The smallest absolute Gasteiger partial charge is 0.0623 e. The summed E-state index contributed by atoms with van der Waals surface area (Å²) in [6.45, 7) is 8.57. The molecule has 0 aromatic heterocycles. The average Bonchev–Trinajstić information content (AvgIpc) is 2.20. The number of alkyl halides is 2. The van der Waals surface area contributed by atoms with E-state index in [9.17, 15) is 0 Å². The van der Waals surface area contributed by atoms with Gasteiger partial charge in [-0.05, 0) is 38.0 Å². The molecule has 3 heteroatoms. The van der Waals surface area contributed by atoms with E-state index < -0.39 is 0 Å². The number of rotatable bonds is 7. The summed E-state index contributed by atoms with van der Waals surface area (Å²) in [6, 6.07) is 0. The van der Waals surface area contributed by atoms with E-state index in [1.54, 1.807) is 7.11 Å². The van der Waals surface area contributed by atoms with E-state index in [4.69, 9.17) is 27.9 Å². The van der Waals surface area contributed by atoms with Gasteiger partial charge < -0.3 is 4.74 Å². The number of halogens is 2.